The number of nitrogens with zero attached hydrogens (tertiary/aromatic N) is 2. The van der Waals surface area contributed by atoms with Crippen LogP contribution in [0.1, 0.15) is 109 Å². The zero-order valence-corrected chi connectivity index (χ0v) is 47.3. The highest BCUT2D eigenvalue weighted by Gasteiger charge is 2.77. The van der Waals surface area contributed by atoms with Gasteiger partial charge in [-0.1, -0.05) is 69.3 Å². The van der Waals surface area contributed by atoms with Crippen LogP contribution in [0, 0.1) is 16.7 Å². The Balaban J connectivity index is 1.11. The predicted octanol–water partition coefficient (Wildman–Crippen LogP) is 2.14. The van der Waals surface area contributed by atoms with Gasteiger partial charge in [-0.05, 0) is 55.2 Å². The molecule has 2 bridgehead atoms. The maximum Gasteiger partial charge on any atom is 0.351 e. The van der Waals surface area contributed by atoms with Crippen LogP contribution >= 0.6 is 0 Å². The largest absolute Gasteiger partial charge is 0.459 e. The van der Waals surface area contributed by atoms with E-state index in [1.807, 2.05) is 0 Å². The maximum atomic E-state index is 14.7. The van der Waals surface area contributed by atoms with E-state index < -0.39 is 186 Å². The number of carbonyl (C=O) groups excluding carboxylic acids is 8. The van der Waals surface area contributed by atoms with Gasteiger partial charge in [-0.15, -0.1) is 0 Å². The molecule has 15 atom stereocenters. The molecule has 2 aromatic carbocycles. The molecule has 2 unspecified atom stereocenters. The van der Waals surface area contributed by atoms with Crippen molar-refractivity contribution >= 4 is 53.6 Å². The van der Waals surface area contributed by atoms with Crippen molar-refractivity contribution in [2.75, 3.05) is 18.5 Å². The van der Waals surface area contributed by atoms with E-state index in [0.29, 0.717) is 4.57 Å². The number of halogens is 2. The molecule has 0 spiro atoms. The van der Waals surface area contributed by atoms with Crippen molar-refractivity contribution in [2.45, 2.75) is 165 Å². The molecule has 8 rings (SSSR count). The molecule has 2 saturated carbocycles. The SMILES string of the molecule is CC(=O)O[C@H]1C[C@]2(C)[C@@H](OC(=O)C(C)OC(=O)CCC(=O)Nc3ccn([C@@H]4O[C@H](CO)C(O)C4(F)F)c(=O)n3)C[C@H]3OC[C@@]3(OC(C)=O)[C@H]2[C@H](OC(=O)c2ccccc2)[C@]2(O)C[C@H](OC(=O)[C@@H](O)[C@H](NC(N)=O)c3ccccc3)C(C)=C1C2(C)C. The van der Waals surface area contributed by atoms with E-state index in [1.54, 1.807) is 64.1 Å². The number of hydrogen-bond donors (Lipinski definition) is 7. The Bertz CT molecular complexity index is 3180. The number of carbonyl (C=O) groups is 8. The van der Waals surface area contributed by atoms with Gasteiger partial charge in [0.2, 0.25) is 12.1 Å². The lowest BCUT2D eigenvalue weighted by Crippen LogP contribution is -2.80. The topological polar surface area (TPSA) is 376 Å². The summed E-state index contributed by atoms with van der Waals surface area (Å²) in [6.45, 7) is 8.39. The van der Waals surface area contributed by atoms with Gasteiger partial charge in [-0.2, -0.15) is 13.8 Å². The number of alkyl halides is 2. The van der Waals surface area contributed by atoms with E-state index >= 15 is 0 Å². The average molecular weight is 1200 g/mol. The summed E-state index contributed by atoms with van der Waals surface area (Å²) in [4.78, 5) is 125. The summed E-state index contributed by atoms with van der Waals surface area (Å²) in [6, 6.07) is 14.0. The molecule has 85 heavy (non-hydrogen) atoms. The second-order valence-corrected chi connectivity index (χ2v) is 22.6. The summed E-state index contributed by atoms with van der Waals surface area (Å²) in [6.07, 6.45) is -19.4. The molecule has 5 aliphatic rings. The summed E-state index contributed by atoms with van der Waals surface area (Å²) in [5.41, 5.74) is -2.86. The normalized spacial score (nSPS) is 30.8. The fourth-order valence-electron chi connectivity index (χ4n) is 12.7. The number of benzene rings is 2. The number of amides is 3. The molecule has 2 aliphatic heterocycles. The highest BCUT2D eigenvalue weighted by Crippen LogP contribution is 2.66. The van der Waals surface area contributed by atoms with Crippen molar-refractivity contribution in [2.24, 2.45) is 22.5 Å². The highest BCUT2D eigenvalue weighted by atomic mass is 19.3. The van der Waals surface area contributed by atoms with Gasteiger partial charge in [-0.3, -0.25) is 23.7 Å². The molecule has 26 nitrogen and oxygen atoms in total. The van der Waals surface area contributed by atoms with Gasteiger partial charge in [0.15, 0.2) is 23.9 Å². The average Bonchev–Trinajstić information content (AvgIpc) is 1.15. The fourth-order valence-corrected chi connectivity index (χ4v) is 12.7. The number of aliphatic hydroxyl groups excluding tert-OH is 3. The molecule has 1 aromatic heterocycles. The van der Waals surface area contributed by atoms with Gasteiger partial charge in [0.05, 0.1) is 37.2 Å². The number of urea groups is 1. The van der Waals surface area contributed by atoms with E-state index in [1.165, 1.54) is 31.2 Å². The second-order valence-electron chi connectivity index (χ2n) is 22.6. The molecule has 3 aromatic rings. The molecular formula is C57H67F2N5O21. The van der Waals surface area contributed by atoms with Gasteiger partial charge in [0.1, 0.15) is 48.0 Å². The van der Waals surface area contributed by atoms with Crippen LogP contribution in [0.3, 0.4) is 0 Å². The molecule has 460 valence electrons. The van der Waals surface area contributed by atoms with E-state index in [-0.39, 0.29) is 41.7 Å². The van der Waals surface area contributed by atoms with Crippen LogP contribution in [0.25, 0.3) is 0 Å². The first-order valence-electron chi connectivity index (χ1n) is 27.2. The standard InChI is InChI=1S/C57H67F2N5O21/c1-27-33(81-49(74)43(70)42(63-51(60)75)31-14-10-8-11-15-31)24-56(77)46(84-48(73)32-16-12-9-13-17-32)44-54(7,23-34(80-29(3)66)41(27)53(56,5)6)36(22-37-55(44,26-78-37)85-30(4)67)83-47(72)28(2)79-40(69)19-18-39(68)61-38-20-21-64(52(76)62-38)50-57(58,59)45(71)35(25-65)82-50/h8-17,20-21,28,33-37,42-46,50,65,70-71,77H,18-19,22-26H2,1-7H3,(H3,60,63,75)(H,61,62,68,76)/t28?,33-,34-,35+,36-,37+,42+,43-,44-,45?,46-,50+,54+,55-,56+/m0/s1. The summed E-state index contributed by atoms with van der Waals surface area (Å²) < 4.78 is 77.7. The predicted molar refractivity (Wildman–Crippen MR) is 284 cm³/mol. The van der Waals surface area contributed by atoms with Crippen LogP contribution in [0.5, 0.6) is 0 Å². The molecule has 0 radical (unpaired) electrons. The Morgan fingerprint density at radius 3 is 2.12 bits per heavy atom. The lowest BCUT2D eigenvalue weighted by Gasteiger charge is -2.68. The number of hydrogen-bond acceptors (Lipinski definition) is 22. The van der Waals surface area contributed by atoms with Crippen LogP contribution in [0.4, 0.5) is 19.4 Å². The molecule has 3 aliphatic carbocycles. The first-order valence-corrected chi connectivity index (χ1v) is 27.2. The number of esters is 6. The monoisotopic (exact) mass is 1200 g/mol. The Hall–Kier alpha value is -7.76. The second kappa shape index (κ2) is 24.3. The van der Waals surface area contributed by atoms with E-state index in [2.05, 4.69) is 15.6 Å². The van der Waals surface area contributed by atoms with Gasteiger partial charge >= 0.3 is 53.5 Å². The summed E-state index contributed by atoms with van der Waals surface area (Å²) in [5, 5.41) is 49.4. The first-order chi connectivity index (χ1) is 39.9. The van der Waals surface area contributed by atoms with Gasteiger partial charge in [-0.25, -0.2) is 24.0 Å². The Kier molecular flexibility index (Phi) is 18.1. The number of aromatic nitrogens is 2. The Morgan fingerprint density at radius 1 is 0.882 bits per heavy atom. The number of ether oxygens (including phenoxy) is 8. The van der Waals surface area contributed by atoms with Crippen LogP contribution in [0.15, 0.2) is 88.9 Å². The van der Waals surface area contributed by atoms with E-state index in [0.717, 1.165) is 26.1 Å². The third kappa shape index (κ3) is 12.1. The van der Waals surface area contributed by atoms with Crippen molar-refractivity contribution in [3.05, 3.63) is 106 Å². The zero-order chi connectivity index (χ0) is 62.3. The minimum atomic E-state index is -4.00. The molecule has 4 fully saturated rings. The maximum absolute atomic E-state index is 14.7. The molecule has 3 amide bonds. The van der Waals surface area contributed by atoms with Crippen LogP contribution in [-0.4, -0.2) is 163 Å². The van der Waals surface area contributed by atoms with Crippen molar-refractivity contribution in [1.29, 1.82) is 0 Å². The zero-order valence-electron chi connectivity index (χ0n) is 47.3. The molecule has 2 saturated heterocycles. The lowest BCUT2D eigenvalue weighted by atomic mass is 9.45. The van der Waals surface area contributed by atoms with E-state index in [4.69, 9.17) is 43.6 Å². The number of anilines is 1. The summed E-state index contributed by atoms with van der Waals surface area (Å²) >= 11 is 0. The van der Waals surface area contributed by atoms with Gasteiger partial charge in [0, 0.05) is 50.1 Å². The molecule has 28 heteroatoms. The minimum absolute atomic E-state index is 0.00857. The molecular weight excluding hydrogens is 1130 g/mol. The van der Waals surface area contributed by atoms with Crippen LogP contribution in [0.2, 0.25) is 0 Å². The van der Waals surface area contributed by atoms with Gasteiger partial charge < -0.3 is 74.7 Å². The highest BCUT2D eigenvalue weighted by molar-refractivity contribution is 5.92. The van der Waals surface area contributed by atoms with Crippen LogP contribution < -0.4 is 22.1 Å². The van der Waals surface area contributed by atoms with Crippen molar-refractivity contribution in [3.8, 4) is 0 Å². The van der Waals surface area contributed by atoms with Crippen molar-refractivity contribution in [1.82, 2.24) is 14.9 Å². The number of nitrogens with one attached hydrogen (secondary N) is 2. The fraction of sp³-hybridized carbons (Fsp3) is 0.544. The lowest BCUT2D eigenvalue weighted by molar-refractivity contribution is -0.354. The van der Waals surface area contributed by atoms with Crippen molar-refractivity contribution < 1.29 is 105 Å². The summed E-state index contributed by atoms with van der Waals surface area (Å²) in [5.74, 6) is -13.0. The third-order valence-electron chi connectivity index (χ3n) is 16.9. The molecule has 3 heterocycles. The number of rotatable bonds is 18. The van der Waals surface area contributed by atoms with Gasteiger partial charge in [0.25, 0.3) is 0 Å². The number of aliphatic hydroxyl groups is 4. The number of primary amides is 1. The summed E-state index contributed by atoms with van der Waals surface area (Å²) in [7, 11) is 0. The smallest absolute Gasteiger partial charge is 0.351 e. The quantitative estimate of drug-likeness (QED) is 0.0545. The third-order valence-corrected chi connectivity index (χ3v) is 16.9. The minimum Gasteiger partial charge on any atom is -0.459 e. The molecule has 8 N–H and O–H groups in total. The van der Waals surface area contributed by atoms with Crippen LogP contribution in [-0.2, 0) is 66.7 Å². The Morgan fingerprint density at radius 2 is 1.54 bits per heavy atom. The number of nitrogens with two attached hydrogens (primary N) is 1. The first kappa shape index (κ1) is 63.3. The van der Waals surface area contributed by atoms with Crippen molar-refractivity contribution in [3.63, 3.8) is 0 Å². The van der Waals surface area contributed by atoms with E-state index in [9.17, 15) is 72.4 Å². The Labute approximate surface area is 484 Å². The number of fused-ring (bicyclic) bond motifs is 5.